The van der Waals surface area contributed by atoms with Gasteiger partial charge in [-0.3, -0.25) is 9.69 Å². The summed E-state index contributed by atoms with van der Waals surface area (Å²) in [4.78, 5) is 17.3. The fourth-order valence-corrected chi connectivity index (χ4v) is 3.90. The van der Waals surface area contributed by atoms with Gasteiger partial charge in [0.15, 0.2) is 0 Å². The van der Waals surface area contributed by atoms with Crippen molar-refractivity contribution in [3.05, 3.63) is 60.2 Å². The van der Waals surface area contributed by atoms with E-state index in [2.05, 4.69) is 4.90 Å². The van der Waals surface area contributed by atoms with E-state index >= 15 is 0 Å². The molecular weight excluding hydrogens is 352 g/mol. The molecule has 0 saturated carbocycles. The fraction of sp³-hybridized carbons (Fsp3) is 0.435. The van der Waals surface area contributed by atoms with Gasteiger partial charge in [-0.1, -0.05) is 18.2 Å². The second-order valence-electron chi connectivity index (χ2n) is 7.59. The lowest BCUT2D eigenvalue weighted by Crippen LogP contribution is -2.50. The molecule has 2 heterocycles. The number of benzene rings is 2. The molecule has 2 aliphatic heterocycles. The molecule has 0 N–H and O–H groups in total. The Morgan fingerprint density at radius 3 is 2.21 bits per heavy atom. The molecule has 0 aromatic heterocycles. The normalized spacial score (nSPS) is 18.8. The van der Waals surface area contributed by atoms with Crippen LogP contribution in [0, 0.1) is 5.92 Å². The van der Waals surface area contributed by atoms with Crippen molar-refractivity contribution >= 4 is 5.91 Å². The molecule has 2 saturated heterocycles. The van der Waals surface area contributed by atoms with Gasteiger partial charge in [0.05, 0.1) is 0 Å². The number of hydrogen-bond acceptors (Lipinski definition) is 4. The van der Waals surface area contributed by atoms with Gasteiger partial charge in [-0.25, -0.2) is 0 Å². The van der Waals surface area contributed by atoms with Crippen molar-refractivity contribution in [2.75, 3.05) is 45.9 Å². The summed E-state index contributed by atoms with van der Waals surface area (Å²) < 4.78 is 11.3. The van der Waals surface area contributed by atoms with E-state index < -0.39 is 0 Å². The Balaban J connectivity index is 1.27. The maximum Gasteiger partial charge on any atom is 0.253 e. The quantitative estimate of drug-likeness (QED) is 0.794. The molecule has 0 unspecified atom stereocenters. The summed E-state index contributed by atoms with van der Waals surface area (Å²) in [6, 6.07) is 17.1. The van der Waals surface area contributed by atoms with E-state index in [1.54, 1.807) is 0 Å². The monoisotopic (exact) mass is 380 g/mol. The van der Waals surface area contributed by atoms with Crippen molar-refractivity contribution in [3.63, 3.8) is 0 Å². The fourth-order valence-electron chi connectivity index (χ4n) is 3.90. The molecule has 2 fully saturated rings. The number of para-hydroxylation sites is 1. The zero-order valence-corrected chi connectivity index (χ0v) is 16.3. The summed E-state index contributed by atoms with van der Waals surface area (Å²) in [5, 5.41) is 0. The molecule has 2 aliphatic rings. The lowest BCUT2D eigenvalue weighted by atomic mass is 9.99. The first-order valence-corrected chi connectivity index (χ1v) is 10.2. The molecule has 0 spiro atoms. The minimum atomic E-state index is 0.108. The van der Waals surface area contributed by atoms with E-state index in [1.165, 1.54) is 0 Å². The van der Waals surface area contributed by atoms with Gasteiger partial charge in [-0.15, -0.1) is 0 Å². The first-order chi connectivity index (χ1) is 13.8. The molecule has 28 heavy (non-hydrogen) atoms. The molecule has 4 rings (SSSR count). The molecule has 2 aromatic carbocycles. The molecule has 1 amide bonds. The van der Waals surface area contributed by atoms with Crippen LogP contribution in [0.25, 0.3) is 0 Å². The Bertz CT molecular complexity index is 749. The number of amides is 1. The highest BCUT2D eigenvalue weighted by atomic mass is 16.5. The van der Waals surface area contributed by atoms with Gasteiger partial charge >= 0.3 is 0 Å². The molecule has 0 atom stereocenters. The van der Waals surface area contributed by atoms with Crippen LogP contribution in [0.2, 0.25) is 0 Å². The Hall–Kier alpha value is -2.37. The number of rotatable bonds is 5. The summed E-state index contributed by atoms with van der Waals surface area (Å²) in [5.41, 5.74) is 0.721. The molecule has 5 heteroatoms. The average molecular weight is 380 g/mol. The van der Waals surface area contributed by atoms with Gasteiger partial charge in [-0.2, -0.15) is 0 Å². The Kier molecular flexibility index (Phi) is 6.24. The lowest BCUT2D eigenvalue weighted by Gasteiger charge is -2.37. The Morgan fingerprint density at radius 2 is 1.54 bits per heavy atom. The van der Waals surface area contributed by atoms with Gasteiger partial charge in [0.2, 0.25) is 0 Å². The number of piperazine rings is 1. The zero-order chi connectivity index (χ0) is 19.2. The number of carbonyl (C=O) groups is 1. The molecular formula is C23H28N2O3. The highest BCUT2D eigenvalue weighted by Crippen LogP contribution is 2.22. The first kappa shape index (κ1) is 19.0. The molecule has 0 radical (unpaired) electrons. The number of nitrogens with zero attached hydrogens (tertiary/aromatic N) is 2. The van der Waals surface area contributed by atoms with Crippen LogP contribution in [0.4, 0.5) is 0 Å². The Morgan fingerprint density at radius 1 is 0.893 bits per heavy atom. The van der Waals surface area contributed by atoms with Crippen molar-refractivity contribution in [2.45, 2.75) is 12.8 Å². The third-order valence-corrected chi connectivity index (χ3v) is 5.60. The molecule has 0 bridgehead atoms. The van der Waals surface area contributed by atoms with Crippen molar-refractivity contribution in [3.8, 4) is 11.5 Å². The second-order valence-corrected chi connectivity index (χ2v) is 7.59. The number of carbonyl (C=O) groups excluding carboxylic acids is 1. The molecule has 148 valence electrons. The van der Waals surface area contributed by atoms with Crippen LogP contribution in [-0.4, -0.2) is 61.6 Å². The summed E-state index contributed by atoms with van der Waals surface area (Å²) in [5.74, 6) is 2.39. The van der Waals surface area contributed by atoms with E-state index in [0.29, 0.717) is 0 Å². The average Bonchev–Trinajstić information content (AvgIpc) is 2.76. The van der Waals surface area contributed by atoms with Crippen LogP contribution in [-0.2, 0) is 4.74 Å². The second kappa shape index (κ2) is 9.22. The number of hydrogen-bond donors (Lipinski definition) is 0. The minimum Gasteiger partial charge on any atom is -0.457 e. The van der Waals surface area contributed by atoms with E-state index in [9.17, 15) is 4.79 Å². The van der Waals surface area contributed by atoms with Crippen LogP contribution in [0.15, 0.2) is 54.6 Å². The first-order valence-electron chi connectivity index (χ1n) is 10.2. The van der Waals surface area contributed by atoms with E-state index in [0.717, 1.165) is 81.8 Å². The van der Waals surface area contributed by atoms with Gasteiger partial charge in [-0.05, 0) is 55.2 Å². The van der Waals surface area contributed by atoms with Gasteiger partial charge in [0.25, 0.3) is 5.91 Å². The highest BCUT2D eigenvalue weighted by molar-refractivity contribution is 5.94. The van der Waals surface area contributed by atoms with Gasteiger partial charge in [0, 0.05) is 51.5 Å². The highest BCUT2D eigenvalue weighted by Gasteiger charge is 2.24. The molecule has 2 aromatic rings. The van der Waals surface area contributed by atoms with Crippen LogP contribution in [0.1, 0.15) is 23.2 Å². The zero-order valence-electron chi connectivity index (χ0n) is 16.3. The molecule has 0 aliphatic carbocycles. The van der Waals surface area contributed by atoms with Crippen molar-refractivity contribution in [1.29, 1.82) is 0 Å². The summed E-state index contributed by atoms with van der Waals surface area (Å²) in [6.45, 7) is 6.43. The summed E-state index contributed by atoms with van der Waals surface area (Å²) in [6.07, 6.45) is 2.33. The van der Waals surface area contributed by atoms with E-state index in [4.69, 9.17) is 9.47 Å². The van der Waals surface area contributed by atoms with Crippen LogP contribution >= 0.6 is 0 Å². The predicted molar refractivity (Wildman–Crippen MR) is 109 cm³/mol. The van der Waals surface area contributed by atoms with Crippen LogP contribution < -0.4 is 4.74 Å². The predicted octanol–water partition coefficient (Wildman–Crippen LogP) is 3.66. The van der Waals surface area contributed by atoms with Crippen LogP contribution in [0.3, 0.4) is 0 Å². The van der Waals surface area contributed by atoms with Crippen molar-refractivity contribution in [2.24, 2.45) is 5.92 Å². The van der Waals surface area contributed by atoms with Crippen LogP contribution in [0.5, 0.6) is 11.5 Å². The standard InChI is InChI=1S/C23H28N2O3/c26-23(20-6-8-22(9-7-20)28-21-4-2-1-3-5-21)25-14-12-24(13-15-25)18-19-10-16-27-17-11-19/h1-9,19H,10-18H2. The van der Waals surface area contributed by atoms with E-state index in [1.807, 2.05) is 59.5 Å². The topological polar surface area (TPSA) is 42.0 Å². The minimum absolute atomic E-state index is 0.108. The SMILES string of the molecule is O=C(c1ccc(Oc2ccccc2)cc1)N1CCN(CC2CCOCC2)CC1. The lowest BCUT2D eigenvalue weighted by molar-refractivity contribution is 0.0393. The summed E-state index contributed by atoms with van der Waals surface area (Å²) >= 11 is 0. The number of ether oxygens (including phenoxy) is 2. The third kappa shape index (κ3) is 4.91. The Labute approximate surface area is 166 Å². The third-order valence-electron chi connectivity index (χ3n) is 5.60. The molecule has 5 nitrogen and oxygen atoms in total. The smallest absolute Gasteiger partial charge is 0.253 e. The van der Waals surface area contributed by atoms with Crippen molar-refractivity contribution in [1.82, 2.24) is 9.80 Å². The van der Waals surface area contributed by atoms with E-state index in [-0.39, 0.29) is 5.91 Å². The summed E-state index contributed by atoms with van der Waals surface area (Å²) in [7, 11) is 0. The maximum atomic E-state index is 12.8. The van der Waals surface area contributed by atoms with Gasteiger partial charge < -0.3 is 14.4 Å². The van der Waals surface area contributed by atoms with Crippen molar-refractivity contribution < 1.29 is 14.3 Å². The maximum absolute atomic E-state index is 12.8. The largest absolute Gasteiger partial charge is 0.457 e. The van der Waals surface area contributed by atoms with Gasteiger partial charge in [0.1, 0.15) is 11.5 Å².